The highest BCUT2D eigenvalue weighted by Crippen LogP contribution is 2.35. The predicted molar refractivity (Wildman–Crippen MR) is 105 cm³/mol. The number of alkyl halides is 2. The number of likely N-dealkylation sites (tertiary alicyclic amines) is 1. The second kappa shape index (κ2) is 8.52. The molecule has 0 radical (unpaired) electrons. The van der Waals surface area contributed by atoms with Gasteiger partial charge in [0.05, 0.1) is 14.2 Å². The molecule has 0 aliphatic carbocycles. The van der Waals surface area contributed by atoms with E-state index in [4.69, 9.17) is 9.47 Å². The van der Waals surface area contributed by atoms with Crippen molar-refractivity contribution >= 4 is 5.95 Å². The number of benzene rings is 1. The Bertz CT molecular complexity index is 831. The molecule has 2 aliphatic heterocycles. The smallest absolute Gasteiger partial charge is 0.260 e. The van der Waals surface area contributed by atoms with Gasteiger partial charge in [0.25, 0.3) is 6.43 Å². The third-order valence-electron chi connectivity index (χ3n) is 5.99. The molecular formula is C20H27F2N5O2. The van der Waals surface area contributed by atoms with Crippen molar-refractivity contribution in [1.82, 2.24) is 19.7 Å². The van der Waals surface area contributed by atoms with Crippen LogP contribution in [-0.2, 0) is 6.54 Å². The lowest BCUT2D eigenvalue weighted by molar-refractivity contribution is 0.0550. The van der Waals surface area contributed by atoms with Gasteiger partial charge in [0, 0.05) is 30.8 Å². The predicted octanol–water partition coefficient (Wildman–Crippen LogP) is 3.20. The lowest BCUT2D eigenvalue weighted by Gasteiger charge is -2.40. The molecule has 0 bridgehead atoms. The number of anilines is 1. The van der Waals surface area contributed by atoms with E-state index in [0.717, 1.165) is 49.5 Å². The molecular weight excluding hydrogens is 380 g/mol. The number of nitrogens with one attached hydrogen (secondary N) is 1. The van der Waals surface area contributed by atoms with Crippen LogP contribution in [0.3, 0.4) is 0 Å². The van der Waals surface area contributed by atoms with Crippen LogP contribution in [-0.4, -0.2) is 59.4 Å². The van der Waals surface area contributed by atoms with Crippen LogP contribution in [0.25, 0.3) is 0 Å². The summed E-state index contributed by atoms with van der Waals surface area (Å²) in [5, 5.41) is 7.31. The second-order valence-electron chi connectivity index (χ2n) is 7.73. The molecule has 0 spiro atoms. The fraction of sp³-hybridized carbons (Fsp3) is 0.600. The average Bonchev–Trinajstić information content (AvgIpc) is 3.22. The molecule has 1 fully saturated rings. The second-order valence-corrected chi connectivity index (χ2v) is 7.73. The van der Waals surface area contributed by atoms with Gasteiger partial charge in [-0.25, -0.2) is 13.5 Å². The molecule has 0 unspecified atom stereocenters. The molecule has 9 heteroatoms. The fourth-order valence-corrected chi connectivity index (χ4v) is 4.49. The van der Waals surface area contributed by atoms with E-state index in [-0.39, 0.29) is 12.0 Å². The summed E-state index contributed by atoms with van der Waals surface area (Å²) in [4.78, 5) is 6.50. The summed E-state index contributed by atoms with van der Waals surface area (Å²) in [5.41, 5.74) is 1.09. The average molecular weight is 407 g/mol. The molecule has 29 heavy (non-hydrogen) atoms. The maximum Gasteiger partial charge on any atom is 0.260 e. The van der Waals surface area contributed by atoms with Gasteiger partial charge in [0.2, 0.25) is 5.95 Å². The third-order valence-corrected chi connectivity index (χ3v) is 5.99. The van der Waals surface area contributed by atoms with Crippen molar-refractivity contribution in [3.05, 3.63) is 30.1 Å². The first kappa shape index (κ1) is 19.9. The van der Waals surface area contributed by atoms with E-state index in [0.29, 0.717) is 12.4 Å². The Morgan fingerprint density at radius 1 is 1.28 bits per heavy atom. The van der Waals surface area contributed by atoms with Gasteiger partial charge in [-0.15, -0.1) is 0 Å². The molecule has 1 aromatic carbocycles. The van der Waals surface area contributed by atoms with E-state index in [1.807, 2.05) is 18.2 Å². The number of halogens is 2. The SMILES string of the molecule is COc1ccc(CN2CCC[C@@H]([C@@H]3C[C@H](C(F)F)n4ncnc4N3)C2)c(OC)c1. The maximum atomic E-state index is 13.6. The Balaban J connectivity index is 1.45. The van der Waals surface area contributed by atoms with Crippen molar-refractivity contribution in [2.75, 3.05) is 32.6 Å². The van der Waals surface area contributed by atoms with Crippen LogP contribution in [0, 0.1) is 5.92 Å². The molecule has 2 aromatic rings. The monoisotopic (exact) mass is 407 g/mol. The van der Waals surface area contributed by atoms with E-state index in [9.17, 15) is 8.78 Å². The van der Waals surface area contributed by atoms with Crippen LogP contribution < -0.4 is 14.8 Å². The number of hydrogen-bond acceptors (Lipinski definition) is 6. The van der Waals surface area contributed by atoms with Gasteiger partial charge in [-0.3, -0.25) is 4.90 Å². The first-order chi connectivity index (χ1) is 14.1. The van der Waals surface area contributed by atoms with Gasteiger partial charge in [0.1, 0.15) is 23.9 Å². The van der Waals surface area contributed by atoms with Crippen LogP contribution in [0.1, 0.15) is 30.9 Å². The van der Waals surface area contributed by atoms with Crippen LogP contribution in [0.2, 0.25) is 0 Å². The molecule has 0 amide bonds. The molecule has 1 N–H and O–H groups in total. The molecule has 1 aromatic heterocycles. The van der Waals surface area contributed by atoms with E-state index >= 15 is 0 Å². The van der Waals surface area contributed by atoms with E-state index in [1.165, 1.54) is 11.0 Å². The Hall–Kier alpha value is -2.42. The third kappa shape index (κ3) is 4.14. The Morgan fingerprint density at radius 2 is 2.14 bits per heavy atom. The molecule has 1 saturated heterocycles. The standard InChI is InChI=1S/C20H27F2N5O2/c1-28-15-6-5-14(18(8-15)29-2)11-26-7-3-4-13(10-26)16-9-17(19(21)22)27-20(25-16)23-12-24-27/h5-6,8,12-13,16-17,19H,3-4,7,9-11H2,1-2H3,(H,23,24,25)/t13-,16+,17-/m1/s1. The molecule has 3 heterocycles. The zero-order valence-corrected chi connectivity index (χ0v) is 16.7. The number of fused-ring (bicyclic) bond motifs is 1. The number of ether oxygens (including phenoxy) is 2. The van der Waals surface area contributed by atoms with E-state index in [1.54, 1.807) is 14.2 Å². The summed E-state index contributed by atoms with van der Waals surface area (Å²) in [6, 6.07) is 4.89. The van der Waals surface area contributed by atoms with Crippen molar-refractivity contribution in [2.24, 2.45) is 5.92 Å². The van der Waals surface area contributed by atoms with Gasteiger partial charge in [-0.05, 0) is 37.8 Å². The van der Waals surface area contributed by atoms with Crippen molar-refractivity contribution in [3.8, 4) is 11.5 Å². The largest absolute Gasteiger partial charge is 0.497 e. The lowest BCUT2D eigenvalue weighted by Crippen LogP contribution is -2.46. The normalized spacial score (nSPS) is 24.8. The highest BCUT2D eigenvalue weighted by Gasteiger charge is 2.38. The highest BCUT2D eigenvalue weighted by molar-refractivity contribution is 5.40. The summed E-state index contributed by atoms with van der Waals surface area (Å²) in [5.74, 6) is 2.28. The first-order valence-electron chi connectivity index (χ1n) is 9.96. The van der Waals surface area contributed by atoms with Gasteiger partial charge in [-0.1, -0.05) is 6.07 Å². The molecule has 0 saturated carbocycles. The van der Waals surface area contributed by atoms with Gasteiger partial charge < -0.3 is 14.8 Å². The topological polar surface area (TPSA) is 64.4 Å². The highest BCUT2D eigenvalue weighted by atomic mass is 19.3. The summed E-state index contributed by atoms with van der Waals surface area (Å²) in [6.07, 6.45) is 1.29. The van der Waals surface area contributed by atoms with Crippen LogP contribution >= 0.6 is 0 Å². The Morgan fingerprint density at radius 3 is 2.90 bits per heavy atom. The minimum Gasteiger partial charge on any atom is -0.497 e. The van der Waals surface area contributed by atoms with E-state index in [2.05, 4.69) is 20.3 Å². The minimum absolute atomic E-state index is 0.0359. The van der Waals surface area contributed by atoms with Crippen molar-refractivity contribution < 1.29 is 18.3 Å². The van der Waals surface area contributed by atoms with Gasteiger partial charge in [0.15, 0.2) is 0 Å². The number of methoxy groups -OCH3 is 2. The van der Waals surface area contributed by atoms with E-state index < -0.39 is 12.5 Å². The molecule has 3 atom stereocenters. The van der Waals surface area contributed by atoms with Crippen LogP contribution in [0.4, 0.5) is 14.7 Å². The summed E-state index contributed by atoms with van der Waals surface area (Å²) in [7, 11) is 3.29. The summed E-state index contributed by atoms with van der Waals surface area (Å²) in [6.45, 7) is 2.58. The summed E-state index contributed by atoms with van der Waals surface area (Å²) < 4.78 is 39.3. The van der Waals surface area contributed by atoms with Crippen molar-refractivity contribution in [1.29, 1.82) is 0 Å². The lowest BCUT2D eigenvalue weighted by atomic mass is 9.86. The van der Waals surface area contributed by atoms with Crippen LogP contribution in [0.5, 0.6) is 11.5 Å². The molecule has 2 aliphatic rings. The number of nitrogens with zero attached hydrogens (tertiary/aromatic N) is 4. The van der Waals surface area contributed by atoms with Crippen molar-refractivity contribution in [2.45, 2.75) is 44.3 Å². The number of piperidine rings is 1. The molecule has 4 rings (SSSR count). The van der Waals surface area contributed by atoms with Gasteiger partial charge in [-0.2, -0.15) is 10.1 Å². The van der Waals surface area contributed by atoms with Gasteiger partial charge >= 0.3 is 0 Å². The minimum atomic E-state index is -2.46. The number of aromatic nitrogens is 3. The molecule has 7 nitrogen and oxygen atoms in total. The summed E-state index contributed by atoms with van der Waals surface area (Å²) >= 11 is 0. The number of rotatable bonds is 6. The molecule has 158 valence electrons. The van der Waals surface area contributed by atoms with Crippen LogP contribution in [0.15, 0.2) is 24.5 Å². The first-order valence-corrected chi connectivity index (χ1v) is 9.96. The fourth-order valence-electron chi connectivity index (χ4n) is 4.49. The Kier molecular flexibility index (Phi) is 5.84. The van der Waals surface area contributed by atoms with Crippen molar-refractivity contribution in [3.63, 3.8) is 0 Å². The maximum absolute atomic E-state index is 13.6. The zero-order valence-electron chi connectivity index (χ0n) is 16.7. The Labute approximate surface area is 169 Å². The number of hydrogen-bond donors (Lipinski definition) is 1. The quantitative estimate of drug-likeness (QED) is 0.794. The zero-order chi connectivity index (χ0) is 20.4.